The summed E-state index contributed by atoms with van der Waals surface area (Å²) in [4.78, 5) is 3.06. The second kappa shape index (κ2) is 5.43. The Labute approximate surface area is 124 Å². The number of nitrogen functional groups attached to an aromatic ring is 1. The van der Waals surface area contributed by atoms with Gasteiger partial charge in [0.2, 0.25) is 0 Å². The molecule has 1 heterocycles. The summed E-state index contributed by atoms with van der Waals surface area (Å²) in [5.41, 5.74) is 5.51. The third kappa shape index (κ3) is 2.95. The Morgan fingerprint density at radius 2 is 1.95 bits per heavy atom. The molecular weight excluding hydrogens is 328 g/mol. The van der Waals surface area contributed by atoms with Gasteiger partial charge in [-0.25, -0.2) is 12.8 Å². The van der Waals surface area contributed by atoms with E-state index >= 15 is 0 Å². The SMILES string of the molecule is Nc1cc(Cl)c(F)c(S(=O)(=O)Nc2cnccc2Cl)c1. The van der Waals surface area contributed by atoms with Gasteiger partial charge in [0.1, 0.15) is 4.90 Å². The van der Waals surface area contributed by atoms with Gasteiger partial charge in [-0.3, -0.25) is 9.71 Å². The minimum absolute atomic E-state index is 0.0205. The molecule has 20 heavy (non-hydrogen) atoms. The van der Waals surface area contributed by atoms with E-state index in [1.165, 1.54) is 18.5 Å². The molecule has 0 spiro atoms. The molecule has 0 atom stereocenters. The molecule has 0 aliphatic heterocycles. The second-order valence-electron chi connectivity index (χ2n) is 3.78. The maximum absolute atomic E-state index is 13.8. The molecule has 2 aromatic rings. The molecule has 0 radical (unpaired) electrons. The van der Waals surface area contributed by atoms with Crippen LogP contribution in [-0.4, -0.2) is 13.4 Å². The van der Waals surface area contributed by atoms with Crippen LogP contribution in [0.3, 0.4) is 0 Å². The van der Waals surface area contributed by atoms with Crippen LogP contribution in [0.15, 0.2) is 35.5 Å². The van der Waals surface area contributed by atoms with Crippen LogP contribution in [-0.2, 0) is 10.0 Å². The van der Waals surface area contributed by atoms with E-state index in [1.54, 1.807) is 0 Å². The van der Waals surface area contributed by atoms with Gasteiger partial charge in [0.15, 0.2) is 5.82 Å². The van der Waals surface area contributed by atoms with Gasteiger partial charge < -0.3 is 5.73 Å². The highest BCUT2D eigenvalue weighted by atomic mass is 35.5. The number of nitrogens with one attached hydrogen (secondary N) is 1. The molecule has 0 fully saturated rings. The van der Waals surface area contributed by atoms with Gasteiger partial charge in [-0.1, -0.05) is 23.2 Å². The molecule has 0 aliphatic rings. The molecule has 9 heteroatoms. The lowest BCUT2D eigenvalue weighted by molar-refractivity contribution is 0.571. The van der Waals surface area contributed by atoms with Gasteiger partial charge in [0.25, 0.3) is 10.0 Å². The molecule has 1 aromatic heterocycles. The largest absolute Gasteiger partial charge is 0.399 e. The second-order valence-corrected chi connectivity index (χ2v) is 6.24. The summed E-state index contributed by atoms with van der Waals surface area (Å²) < 4.78 is 40.2. The highest BCUT2D eigenvalue weighted by molar-refractivity contribution is 7.92. The number of halogens is 3. The average molecular weight is 336 g/mol. The summed E-state index contributed by atoms with van der Waals surface area (Å²) in [6, 6.07) is 3.48. The standard InChI is InChI=1S/C11H8Cl2FN3O2S/c12-7-1-2-16-5-9(7)17-20(18,19)10-4-6(15)3-8(13)11(10)14/h1-5,17H,15H2. The number of hydrogen-bond acceptors (Lipinski definition) is 4. The van der Waals surface area contributed by atoms with E-state index in [-0.39, 0.29) is 21.4 Å². The van der Waals surface area contributed by atoms with Crippen LogP contribution in [0.5, 0.6) is 0 Å². The number of nitrogens with zero attached hydrogens (tertiary/aromatic N) is 1. The first-order chi connectivity index (χ1) is 9.31. The molecule has 0 unspecified atom stereocenters. The third-order valence-corrected chi connectivity index (χ3v) is 4.29. The Balaban J connectivity index is 2.49. The zero-order valence-corrected chi connectivity index (χ0v) is 12.1. The highest BCUT2D eigenvalue weighted by Gasteiger charge is 2.23. The number of sulfonamides is 1. The van der Waals surface area contributed by atoms with Gasteiger partial charge in [-0.05, 0) is 18.2 Å². The Kier molecular flexibility index (Phi) is 4.03. The summed E-state index contributed by atoms with van der Waals surface area (Å²) in [5, 5.41) is -0.262. The molecule has 0 saturated heterocycles. The predicted molar refractivity (Wildman–Crippen MR) is 75.9 cm³/mol. The molecule has 0 saturated carbocycles. The Morgan fingerprint density at radius 3 is 2.60 bits per heavy atom. The Hall–Kier alpha value is -1.57. The summed E-state index contributed by atoms with van der Waals surface area (Å²) in [6.45, 7) is 0. The quantitative estimate of drug-likeness (QED) is 0.844. The molecule has 2 rings (SSSR count). The van der Waals surface area contributed by atoms with Crippen LogP contribution in [0, 0.1) is 5.82 Å². The van der Waals surface area contributed by atoms with E-state index < -0.39 is 20.7 Å². The van der Waals surface area contributed by atoms with Crippen LogP contribution < -0.4 is 10.5 Å². The van der Waals surface area contributed by atoms with Crippen molar-refractivity contribution in [3.8, 4) is 0 Å². The third-order valence-electron chi connectivity index (χ3n) is 2.32. The number of benzene rings is 1. The zero-order chi connectivity index (χ0) is 14.9. The predicted octanol–water partition coefficient (Wildman–Crippen LogP) is 2.91. The van der Waals surface area contributed by atoms with Gasteiger partial charge in [0.05, 0.1) is 21.9 Å². The van der Waals surface area contributed by atoms with Gasteiger partial charge in [0, 0.05) is 11.9 Å². The van der Waals surface area contributed by atoms with Crippen molar-refractivity contribution in [2.45, 2.75) is 4.90 Å². The smallest absolute Gasteiger partial charge is 0.265 e. The maximum atomic E-state index is 13.8. The average Bonchev–Trinajstić information content (AvgIpc) is 2.36. The van der Waals surface area contributed by atoms with Crippen LogP contribution in [0.1, 0.15) is 0 Å². The number of pyridine rings is 1. The van der Waals surface area contributed by atoms with Crippen molar-refractivity contribution >= 4 is 44.6 Å². The molecule has 0 aliphatic carbocycles. The number of nitrogens with two attached hydrogens (primary N) is 1. The van der Waals surface area contributed by atoms with Gasteiger partial charge >= 0.3 is 0 Å². The van der Waals surface area contributed by atoms with Crippen molar-refractivity contribution < 1.29 is 12.8 Å². The van der Waals surface area contributed by atoms with E-state index in [0.29, 0.717) is 0 Å². The number of hydrogen-bond donors (Lipinski definition) is 2. The maximum Gasteiger partial charge on any atom is 0.265 e. The summed E-state index contributed by atoms with van der Waals surface area (Å²) in [7, 11) is -4.23. The lowest BCUT2D eigenvalue weighted by atomic mass is 10.3. The van der Waals surface area contributed by atoms with Gasteiger partial charge in [-0.15, -0.1) is 0 Å². The van der Waals surface area contributed by atoms with E-state index in [4.69, 9.17) is 28.9 Å². The molecule has 0 bridgehead atoms. The van der Waals surface area contributed by atoms with E-state index in [9.17, 15) is 12.8 Å². The fraction of sp³-hybridized carbons (Fsp3) is 0. The molecule has 3 N–H and O–H groups in total. The van der Waals surface area contributed by atoms with Crippen molar-refractivity contribution in [1.82, 2.24) is 4.98 Å². The highest BCUT2D eigenvalue weighted by Crippen LogP contribution is 2.28. The molecular formula is C11H8Cl2FN3O2S. The monoisotopic (exact) mass is 335 g/mol. The first-order valence-corrected chi connectivity index (χ1v) is 7.42. The first-order valence-electron chi connectivity index (χ1n) is 5.18. The lowest BCUT2D eigenvalue weighted by Gasteiger charge is -2.11. The van der Waals surface area contributed by atoms with Crippen LogP contribution in [0.2, 0.25) is 10.0 Å². The first kappa shape index (κ1) is 14.8. The van der Waals surface area contributed by atoms with Crippen LogP contribution in [0.25, 0.3) is 0 Å². The minimum atomic E-state index is -4.23. The van der Waals surface area contributed by atoms with Crippen LogP contribution >= 0.6 is 23.2 Å². The van der Waals surface area contributed by atoms with E-state index in [2.05, 4.69) is 9.71 Å². The lowest BCUT2D eigenvalue weighted by Crippen LogP contribution is -2.15. The van der Waals surface area contributed by atoms with Gasteiger partial charge in [-0.2, -0.15) is 0 Å². The Bertz CT molecular complexity index is 768. The van der Waals surface area contributed by atoms with E-state index in [1.807, 2.05) is 0 Å². The van der Waals surface area contributed by atoms with Crippen LogP contribution in [0.4, 0.5) is 15.8 Å². The minimum Gasteiger partial charge on any atom is -0.399 e. The van der Waals surface area contributed by atoms with E-state index in [0.717, 1.165) is 12.1 Å². The summed E-state index contributed by atoms with van der Waals surface area (Å²) in [6.07, 6.45) is 2.59. The fourth-order valence-corrected chi connectivity index (χ4v) is 3.12. The van der Waals surface area contributed by atoms with Crippen molar-refractivity contribution in [2.75, 3.05) is 10.5 Å². The normalized spacial score (nSPS) is 11.3. The summed E-state index contributed by atoms with van der Waals surface area (Å²) in [5.74, 6) is -1.09. The van der Waals surface area contributed by atoms with Crippen molar-refractivity contribution in [3.63, 3.8) is 0 Å². The van der Waals surface area contributed by atoms with Crippen molar-refractivity contribution in [2.24, 2.45) is 0 Å². The zero-order valence-electron chi connectivity index (χ0n) is 9.77. The molecule has 1 aromatic carbocycles. The topological polar surface area (TPSA) is 85.1 Å². The number of anilines is 2. The number of aromatic nitrogens is 1. The van der Waals surface area contributed by atoms with Crippen molar-refractivity contribution in [3.05, 3.63) is 46.5 Å². The Morgan fingerprint density at radius 1 is 1.25 bits per heavy atom. The molecule has 5 nitrogen and oxygen atoms in total. The van der Waals surface area contributed by atoms with Crippen molar-refractivity contribution in [1.29, 1.82) is 0 Å². The number of rotatable bonds is 3. The molecule has 0 amide bonds. The molecule has 106 valence electrons. The summed E-state index contributed by atoms with van der Waals surface area (Å²) >= 11 is 11.4. The fourth-order valence-electron chi connectivity index (χ4n) is 1.43.